The minimum atomic E-state index is -0.117. The molecular formula is C93H98N16O6Ru2. The molecule has 0 aliphatic heterocycles. The zero-order chi connectivity index (χ0) is 81.6. The average Bonchev–Trinajstić information content (AvgIpc) is 0.851. The molecule has 0 saturated heterocycles. The molecule has 0 aliphatic rings. The molecule has 0 fully saturated rings. The predicted octanol–water partition coefficient (Wildman–Crippen LogP) is 18.9. The number of amides is 2. The number of benzene rings is 1. The van der Waals surface area contributed by atoms with Gasteiger partial charge in [-0.15, -0.1) is 0 Å². The summed E-state index contributed by atoms with van der Waals surface area (Å²) in [4.78, 5) is 100. The number of aryl methyl sites for hydroxylation is 2. The van der Waals surface area contributed by atoms with Crippen LogP contribution in [0.2, 0.25) is 0 Å². The molecule has 0 bridgehead atoms. The monoisotopic (exact) mass is 1740 g/mol. The number of unbranched alkanes of at least 4 members (excludes halogenated alkanes) is 6. The molecule has 2 amide bonds. The molecule has 13 rings (SSSR count). The Morgan fingerprint density at radius 1 is 0.316 bits per heavy atom. The summed E-state index contributed by atoms with van der Waals surface area (Å²) in [6, 6.07) is 61.2. The summed E-state index contributed by atoms with van der Waals surface area (Å²) >= 11 is 0. The Labute approximate surface area is 711 Å². The number of nitrogens with one attached hydrogen (secondary N) is 2. The van der Waals surface area contributed by atoms with Crippen LogP contribution in [0.5, 0.6) is 0 Å². The van der Waals surface area contributed by atoms with E-state index >= 15 is 0 Å². The van der Waals surface area contributed by atoms with Crippen LogP contribution in [0.1, 0.15) is 168 Å². The maximum absolute atomic E-state index is 12.3. The van der Waals surface area contributed by atoms with Crippen LogP contribution in [-0.4, -0.2) is 125 Å². The maximum Gasteiger partial charge on any atom is 0.251 e. The molecule has 12 heterocycles. The second-order valence-electron chi connectivity index (χ2n) is 26.4. The van der Waals surface area contributed by atoms with Gasteiger partial charge in [0.1, 0.15) is 7.05 Å². The summed E-state index contributed by atoms with van der Waals surface area (Å²) in [5.74, 6) is 0.00826. The SMILES string of the molecule is CCCCCC(=O)c1ccnc(-c2cc(C(=O)NCCCC)ccn2)c1.CCCCCC(=O)c1ccnc(-c2cc(C(=O)NCCCC)ccn2)c1.Cc1ccnc(-c2cc(/C=[N+](/C)[O-])ccn2)c1.Cc1ccnc(-c2cc(/C=[N+](\[O-])c3ccccc3)ccn2)c1.[Ru].[Ru].c1ccc(-c2ccccn2)nc1.c1ccc(-c2ccccn2)nc1. The van der Waals surface area contributed by atoms with Gasteiger partial charge in [-0.2, -0.15) is 4.74 Å². The summed E-state index contributed by atoms with van der Waals surface area (Å²) in [6.45, 7) is 13.7. The molecule has 0 atom stereocenters. The topological polar surface area (TPSA) is 299 Å². The number of carbonyl (C=O) groups excluding carboxylic acids is 4. The normalized spacial score (nSPS) is 10.5. The summed E-state index contributed by atoms with van der Waals surface area (Å²) < 4.78 is 1.62. The van der Waals surface area contributed by atoms with Crippen LogP contribution in [0.4, 0.5) is 5.69 Å². The third-order valence-corrected chi connectivity index (χ3v) is 17.1. The molecule has 117 heavy (non-hydrogen) atoms. The van der Waals surface area contributed by atoms with E-state index in [1.165, 1.54) is 19.5 Å². The number of ketones is 2. The molecule has 0 aliphatic carbocycles. The Morgan fingerprint density at radius 3 is 0.932 bits per heavy atom. The number of pyridine rings is 12. The van der Waals surface area contributed by atoms with Gasteiger partial charge in [0.2, 0.25) is 5.69 Å². The van der Waals surface area contributed by atoms with Gasteiger partial charge in [-0.25, -0.2) is 4.74 Å². The first-order valence-electron chi connectivity index (χ1n) is 38.6. The number of Topliss-reactive ketones (excluding diaryl/α,β-unsaturated/α-hetero) is 2. The van der Waals surface area contributed by atoms with Gasteiger partial charge in [-0.3, -0.25) is 79.0 Å². The van der Waals surface area contributed by atoms with Gasteiger partial charge in [-0.05, 0) is 196 Å². The van der Waals surface area contributed by atoms with Gasteiger partial charge >= 0.3 is 0 Å². The Kier molecular flexibility index (Phi) is 42.1. The Balaban J connectivity index is 0.000000222. The molecule has 0 unspecified atom stereocenters. The van der Waals surface area contributed by atoms with Crippen LogP contribution in [-0.2, 0) is 39.0 Å². The van der Waals surface area contributed by atoms with E-state index in [1.54, 1.807) is 147 Å². The minimum Gasteiger partial charge on any atom is -0.624 e. The van der Waals surface area contributed by atoms with E-state index in [-0.39, 0.29) is 62.3 Å². The quantitative estimate of drug-likeness (QED) is 0.00919. The second kappa shape index (κ2) is 52.8. The third kappa shape index (κ3) is 33.1. The number of hydroxylamine groups is 1. The van der Waals surface area contributed by atoms with Crippen molar-refractivity contribution in [3.63, 3.8) is 0 Å². The zero-order valence-corrected chi connectivity index (χ0v) is 70.4. The third-order valence-electron chi connectivity index (χ3n) is 17.1. The van der Waals surface area contributed by atoms with E-state index in [1.807, 2.05) is 141 Å². The van der Waals surface area contributed by atoms with Crippen molar-refractivity contribution in [1.29, 1.82) is 0 Å². The standard InChI is InChI=1S/2C21H27N3O2.C18H15N3O.C13H13N3O.2C10H8N2.2Ru/c2*1-3-5-7-8-20(25)16-9-12-22-18(14-16)19-15-17(10-13-23-19)21(26)24-11-6-4-2;1-14-7-9-19-17(11-14)18-12-15(8-10-20-18)13-21(22)16-5-3-2-4-6-16;1-10-3-5-14-12(7-10)13-8-11(4-6-15-13)9-16(2)17;2*1-3-7-11-9(5-1)10-6-2-4-8-12-10;;/h2*9-10,12-15H,3-8,11H2,1-2H3,(H,24,26);2-13H,1H3;3-9H,1-2H3;2*1-8H;;/b;;21-13-;16-9-;;;;. The molecule has 0 saturated carbocycles. The molecule has 0 radical (unpaired) electrons. The van der Waals surface area contributed by atoms with Crippen LogP contribution in [0.15, 0.2) is 275 Å². The van der Waals surface area contributed by atoms with Crippen molar-refractivity contribution in [1.82, 2.24) is 70.4 Å². The van der Waals surface area contributed by atoms with Crippen molar-refractivity contribution >= 4 is 41.5 Å². The smallest absolute Gasteiger partial charge is 0.251 e. The van der Waals surface area contributed by atoms with E-state index in [2.05, 4.69) is 98.1 Å². The predicted molar refractivity (Wildman–Crippen MR) is 455 cm³/mol. The summed E-state index contributed by atoms with van der Waals surface area (Å²) in [5.41, 5.74) is 16.0. The Morgan fingerprint density at radius 2 is 0.607 bits per heavy atom. The number of hydrogen-bond donors (Lipinski definition) is 2. The van der Waals surface area contributed by atoms with Crippen molar-refractivity contribution in [3.05, 3.63) is 329 Å². The van der Waals surface area contributed by atoms with Crippen molar-refractivity contribution in [2.75, 3.05) is 20.1 Å². The number of nitrogens with zero attached hydrogens (tertiary/aromatic N) is 14. The average molecular weight is 1740 g/mol. The number of para-hydroxylation sites is 1. The number of aromatic nitrogens is 12. The molecule has 12 aromatic heterocycles. The summed E-state index contributed by atoms with van der Waals surface area (Å²) in [5, 5.41) is 28.9. The van der Waals surface area contributed by atoms with E-state index in [4.69, 9.17) is 0 Å². The fraction of sp³-hybridized carbons (Fsp3) is 0.226. The van der Waals surface area contributed by atoms with E-state index in [0.717, 1.165) is 141 Å². The number of carbonyl (C=O) groups is 4. The van der Waals surface area contributed by atoms with Gasteiger partial charge in [0.05, 0.1) is 68.3 Å². The second-order valence-corrected chi connectivity index (χ2v) is 26.4. The molecule has 1 aromatic carbocycles. The van der Waals surface area contributed by atoms with Crippen molar-refractivity contribution in [2.24, 2.45) is 0 Å². The fourth-order valence-electron chi connectivity index (χ4n) is 11.0. The molecule has 24 heteroatoms. The van der Waals surface area contributed by atoms with Crippen LogP contribution in [0.25, 0.3) is 68.3 Å². The first kappa shape index (κ1) is 93.3. The van der Waals surface area contributed by atoms with Gasteiger partial charge in [0.15, 0.2) is 24.0 Å². The van der Waals surface area contributed by atoms with Gasteiger partial charge in [0, 0.05) is 185 Å². The summed E-state index contributed by atoms with van der Waals surface area (Å²) in [7, 11) is 1.45. The van der Waals surface area contributed by atoms with Crippen molar-refractivity contribution in [2.45, 2.75) is 119 Å². The van der Waals surface area contributed by atoms with Crippen molar-refractivity contribution < 1.29 is 67.6 Å². The summed E-state index contributed by atoms with van der Waals surface area (Å²) in [6.07, 6.45) is 34.6. The first-order valence-corrected chi connectivity index (χ1v) is 38.6. The largest absolute Gasteiger partial charge is 0.624 e. The van der Waals surface area contributed by atoms with E-state index in [0.29, 0.717) is 76.6 Å². The van der Waals surface area contributed by atoms with E-state index < -0.39 is 0 Å². The zero-order valence-electron chi connectivity index (χ0n) is 67.0. The van der Waals surface area contributed by atoms with Crippen LogP contribution >= 0.6 is 0 Å². The molecule has 0 spiro atoms. The van der Waals surface area contributed by atoms with Crippen LogP contribution in [0.3, 0.4) is 0 Å². The molecule has 2 N–H and O–H groups in total. The molecular weight excluding hydrogens is 1640 g/mol. The number of hydrogen-bond acceptors (Lipinski definition) is 18. The van der Waals surface area contributed by atoms with Gasteiger partial charge in [-0.1, -0.05) is 109 Å². The Hall–Kier alpha value is -12.5. The van der Waals surface area contributed by atoms with Crippen LogP contribution in [0, 0.1) is 24.3 Å². The van der Waals surface area contributed by atoms with E-state index in [9.17, 15) is 29.6 Å². The number of rotatable bonds is 27. The maximum atomic E-state index is 12.3. The van der Waals surface area contributed by atoms with Crippen molar-refractivity contribution in [3.8, 4) is 68.3 Å². The molecule has 13 aromatic rings. The molecule has 22 nitrogen and oxygen atoms in total. The Bertz CT molecular complexity index is 4810. The van der Waals surface area contributed by atoms with Crippen LogP contribution < -0.4 is 10.6 Å². The first-order chi connectivity index (χ1) is 56.1. The fourth-order valence-corrected chi connectivity index (χ4v) is 11.0. The van der Waals surface area contributed by atoms with Gasteiger partial charge in [0.25, 0.3) is 11.8 Å². The van der Waals surface area contributed by atoms with Gasteiger partial charge < -0.3 is 21.0 Å². The minimum absolute atomic E-state index is 0. The molecule has 602 valence electrons.